The highest BCUT2D eigenvalue weighted by Gasteiger charge is 2.11. The maximum Gasteiger partial charge on any atom is 0.0594 e. The summed E-state index contributed by atoms with van der Waals surface area (Å²) in [7, 11) is 0. The van der Waals surface area contributed by atoms with Gasteiger partial charge in [0.15, 0.2) is 0 Å². The van der Waals surface area contributed by atoms with Crippen LogP contribution in [0.1, 0.15) is 11.1 Å². The van der Waals surface area contributed by atoms with Crippen molar-refractivity contribution in [3.63, 3.8) is 0 Å². The maximum absolute atomic E-state index is 6.37. The summed E-state index contributed by atoms with van der Waals surface area (Å²) in [6.07, 6.45) is 2.26. The van der Waals surface area contributed by atoms with Crippen molar-refractivity contribution in [1.29, 1.82) is 0 Å². The third kappa shape index (κ3) is 4.53. The Morgan fingerprint density at radius 1 is 0.963 bits per heavy atom. The Balaban J connectivity index is 1.44. The molecule has 4 rings (SSSR count). The zero-order valence-corrected chi connectivity index (χ0v) is 16.3. The summed E-state index contributed by atoms with van der Waals surface area (Å²) in [6, 6.07) is 16.7. The number of ether oxygens (including phenoxy) is 1. The molecule has 0 aliphatic carbocycles. The molecule has 1 aromatic heterocycles. The zero-order chi connectivity index (χ0) is 18.5. The maximum atomic E-state index is 6.37. The molecule has 2 aromatic carbocycles. The van der Waals surface area contributed by atoms with Crippen molar-refractivity contribution < 1.29 is 4.74 Å². The molecule has 0 spiro atoms. The molecule has 1 N–H and O–H groups in total. The quantitative estimate of drug-likeness (QED) is 0.630. The van der Waals surface area contributed by atoms with Gasteiger partial charge < -0.3 is 14.6 Å². The number of nitrogens with zero attached hydrogens (tertiary/aromatic N) is 2. The van der Waals surface area contributed by atoms with Crippen LogP contribution in [0.25, 0.3) is 10.9 Å². The number of halogens is 1. The summed E-state index contributed by atoms with van der Waals surface area (Å²) in [6.45, 7) is 7.52. The second-order valence-electron chi connectivity index (χ2n) is 7.02. The number of rotatable bonds is 7. The summed E-state index contributed by atoms with van der Waals surface area (Å²) in [5.74, 6) is 0. The fourth-order valence-corrected chi connectivity index (χ4v) is 3.89. The zero-order valence-electron chi connectivity index (χ0n) is 15.5. The van der Waals surface area contributed by atoms with Crippen molar-refractivity contribution in [3.8, 4) is 0 Å². The van der Waals surface area contributed by atoms with Crippen molar-refractivity contribution in [1.82, 2.24) is 14.8 Å². The summed E-state index contributed by atoms with van der Waals surface area (Å²) in [4.78, 5) is 2.46. The van der Waals surface area contributed by atoms with Crippen LogP contribution in [-0.4, -0.2) is 48.9 Å². The summed E-state index contributed by atoms with van der Waals surface area (Å²) in [5, 5.41) is 5.74. The first kappa shape index (κ1) is 18.5. The van der Waals surface area contributed by atoms with Gasteiger partial charge in [-0.3, -0.25) is 4.90 Å². The number of hydrogen-bond acceptors (Lipinski definition) is 3. The molecule has 5 heteroatoms. The lowest BCUT2D eigenvalue weighted by molar-refractivity contribution is 0.0384. The number of fused-ring (bicyclic) bond motifs is 1. The molecule has 0 unspecified atom stereocenters. The van der Waals surface area contributed by atoms with Gasteiger partial charge >= 0.3 is 0 Å². The molecule has 0 bridgehead atoms. The Kier molecular flexibility index (Phi) is 6.10. The number of morpholine rings is 1. The first-order valence-electron chi connectivity index (χ1n) is 9.62. The molecule has 0 saturated carbocycles. The minimum atomic E-state index is 0.786. The van der Waals surface area contributed by atoms with Crippen molar-refractivity contribution in [3.05, 3.63) is 70.9 Å². The van der Waals surface area contributed by atoms with Crippen LogP contribution in [0.4, 0.5) is 0 Å². The third-order valence-electron chi connectivity index (χ3n) is 5.19. The lowest BCUT2D eigenvalue weighted by atomic mass is 10.2. The Hall–Kier alpha value is -1.85. The van der Waals surface area contributed by atoms with Crippen LogP contribution < -0.4 is 5.32 Å². The van der Waals surface area contributed by atoms with Gasteiger partial charge in [0.05, 0.1) is 13.2 Å². The van der Waals surface area contributed by atoms with Crippen LogP contribution in [-0.2, 0) is 17.8 Å². The Morgan fingerprint density at radius 3 is 2.59 bits per heavy atom. The van der Waals surface area contributed by atoms with E-state index in [1.54, 1.807) is 0 Å². The molecule has 27 heavy (non-hydrogen) atoms. The third-order valence-corrected chi connectivity index (χ3v) is 5.56. The average molecular weight is 384 g/mol. The van der Waals surface area contributed by atoms with Crippen LogP contribution in [0.2, 0.25) is 5.02 Å². The van der Waals surface area contributed by atoms with E-state index in [0.29, 0.717) is 0 Å². The van der Waals surface area contributed by atoms with E-state index in [1.807, 2.05) is 18.2 Å². The second kappa shape index (κ2) is 8.89. The number of para-hydroxylation sites is 1. The van der Waals surface area contributed by atoms with Gasteiger partial charge in [-0.2, -0.15) is 0 Å². The molecule has 0 atom stereocenters. The van der Waals surface area contributed by atoms with E-state index in [-0.39, 0.29) is 0 Å². The molecule has 1 fully saturated rings. The molecular weight excluding hydrogens is 358 g/mol. The molecule has 0 radical (unpaired) electrons. The standard InChI is InChI=1S/C22H26ClN3O/c23-21-7-3-1-5-18(21)16-26-17-19(20-6-2-4-8-22(20)26)15-24-9-10-25-11-13-27-14-12-25/h1-8,17,24H,9-16H2. The average Bonchev–Trinajstić information content (AvgIpc) is 3.06. The largest absolute Gasteiger partial charge is 0.379 e. The molecule has 1 saturated heterocycles. The van der Waals surface area contributed by atoms with Crippen LogP contribution in [0.3, 0.4) is 0 Å². The summed E-state index contributed by atoms with van der Waals surface area (Å²) in [5.41, 5.74) is 3.73. The van der Waals surface area contributed by atoms with Crippen LogP contribution in [0.15, 0.2) is 54.7 Å². The topological polar surface area (TPSA) is 29.4 Å². The van der Waals surface area contributed by atoms with Gasteiger partial charge in [0.2, 0.25) is 0 Å². The van der Waals surface area contributed by atoms with Gasteiger partial charge in [0.1, 0.15) is 0 Å². The van der Waals surface area contributed by atoms with Crippen LogP contribution >= 0.6 is 11.6 Å². The number of nitrogens with one attached hydrogen (secondary N) is 1. The Morgan fingerprint density at radius 2 is 1.74 bits per heavy atom. The minimum absolute atomic E-state index is 0.786. The SMILES string of the molecule is Clc1ccccc1Cn1cc(CNCCN2CCOCC2)c2ccccc21. The monoisotopic (exact) mass is 383 g/mol. The molecule has 4 nitrogen and oxygen atoms in total. The van der Waals surface area contributed by atoms with Crippen molar-refractivity contribution >= 4 is 22.5 Å². The fourth-order valence-electron chi connectivity index (χ4n) is 3.69. The van der Waals surface area contributed by atoms with Gasteiger partial charge in [-0.25, -0.2) is 0 Å². The predicted molar refractivity (Wildman–Crippen MR) is 111 cm³/mol. The van der Waals surface area contributed by atoms with Gasteiger partial charge in [0.25, 0.3) is 0 Å². The van der Waals surface area contributed by atoms with Gasteiger partial charge in [-0.05, 0) is 23.3 Å². The molecule has 1 aliphatic rings. The molecule has 1 aliphatic heterocycles. The molecular formula is C22H26ClN3O. The van der Waals surface area contributed by atoms with Crippen molar-refractivity contribution in [2.75, 3.05) is 39.4 Å². The lowest BCUT2D eigenvalue weighted by Crippen LogP contribution is -2.40. The predicted octanol–water partition coefficient (Wildman–Crippen LogP) is 3.76. The first-order valence-corrected chi connectivity index (χ1v) is 10.00. The van der Waals surface area contributed by atoms with E-state index in [0.717, 1.165) is 63.1 Å². The molecule has 3 aromatic rings. The molecule has 142 valence electrons. The summed E-state index contributed by atoms with van der Waals surface area (Å²) >= 11 is 6.37. The van der Waals surface area contributed by atoms with E-state index in [4.69, 9.17) is 16.3 Å². The van der Waals surface area contributed by atoms with E-state index in [2.05, 4.69) is 51.3 Å². The van der Waals surface area contributed by atoms with Gasteiger partial charge in [-0.1, -0.05) is 48.0 Å². The minimum Gasteiger partial charge on any atom is -0.379 e. The second-order valence-corrected chi connectivity index (χ2v) is 7.43. The fraction of sp³-hybridized carbons (Fsp3) is 0.364. The Labute approximate surface area is 165 Å². The highest BCUT2D eigenvalue weighted by molar-refractivity contribution is 6.31. The normalized spacial score (nSPS) is 15.4. The number of aromatic nitrogens is 1. The molecule has 2 heterocycles. The van der Waals surface area contributed by atoms with E-state index in [9.17, 15) is 0 Å². The number of benzene rings is 2. The van der Waals surface area contributed by atoms with E-state index < -0.39 is 0 Å². The van der Waals surface area contributed by atoms with Gasteiger partial charge in [0, 0.05) is 61.4 Å². The highest BCUT2D eigenvalue weighted by atomic mass is 35.5. The smallest absolute Gasteiger partial charge is 0.0594 e. The van der Waals surface area contributed by atoms with E-state index in [1.165, 1.54) is 16.5 Å². The summed E-state index contributed by atoms with van der Waals surface area (Å²) < 4.78 is 7.71. The molecule has 0 amide bonds. The number of hydrogen-bond donors (Lipinski definition) is 1. The van der Waals surface area contributed by atoms with E-state index >= 15 is 0 Å². The Bertz CT molecular complexity index is 886. The van der Waals surface area contributed by atoms with Gasteiger partial charge in [-0.15, -0.1) is 0 Å². The van der Waals surface area contributed by atoms with Crippen molar-refractivity contribution in [2.45, 2.75) is 13.1 Å². The van der Waals surface area contributed by atoms with Crippen LogP contribution in [0.5, 0.6) is 0 Å². The highest BCUT2D eigenvalue weighted by Crippen LogP contribution is 2.24. The van der Waals surface area contributed by atoms with Crippen molar-refractivity contribution in [2.24, 2.45) is 0 Å². The first-order chi connectivity index (χ1) is 13.3. The lowest BCUT2D eigenvalue weighted by Gasteiger charge is -2.26. The van der Waals surface area contributed by atoms with Crippen LogP contribution in [0, 0.1) is 0 Å².